The monoisotopic (exact) mass is 555 g/mol. The molecule has 1 saturated carbocycles. The van der Waals surface area contributed by atoms with E-state index in [-0.39, 0.29) is 0 Å². The maximum Gasteiger partial charge on any atom is 0.152 e. The van der Waals surface area contributed by atoms with Gasteiger partial charge in [0.2, 0.25) is 0 Å². The van der Waals surface area contributed by atoms with E-state index >= 15 is 0 Å². The summed E-state index contributed by atoms with van der Waals surface area (Å²) in [6.45, 7) is 9.97. The van der Waals surface area contributed by atoms with E-state index in [2.05, 4.69) is 77.5 Å². The van der Waals surface area contributed by atoms with Gasteiger partial charge in [0.1, 0.15) is 11.4 Å². The molecule has 1 aliphatic carbocycles. The Kier molecular flexibility index (Phi) is 6.92. The highest BCUT2D eigenvalue weighted by Gasteiger charge is 2.42. The minimum absolute atomic E-state index is 0.480. The van der Waals surface area contributed by atoms with E-state index < -0.39 is 0 Å². The fourth-order valence-corrected chi connectivity index (χ4v) is 8.27. The first-order valence-electron chi connectivity index (χ1n) is 13.7. The number of likely N-dealkylation sites (tertiary alicyclic amines) is 1. The lowest BCUT2D eigenvalue weighted by Gasteiger charge is -2.27. The summed E-state index contributed by atoms with van der Waals surface area (Å²) >= 11 is 7.27. The lowest BCUT2D eigenvalue weighted by Crippen LogP contribution is -2.26. The van der Waals surface area contributed by atoms with Crippen LogP contribution in [0.5, 0.6) is 5.75 Å². The predicted octanol–water partition coefficient (Wildman–Crippen LogP) is 7.39. The quantitative estimate of drug-likeness (QED) is 0.281. The zero-order valence-electron chi connectivity index (χ0n) is 22.7. The smallest absolute Gasteiger partial charge is 0.152 e. The molecule has 2 aromatic carbocycles. The van der Waals surface area contributed by atoms with Crippen molar-refractivity contribution in [2.75, 3.05) is 25.1 Å². The molecule has 4 aliphatic rings. The maximum absolute atomic E-state index is 12.2. The number of rotatable bonds is 5. The van der Waals surface area contributed by atoms with E-state index in [4.69, 9.17) is 17.0 Å². The fourth-order valence-electron chi connectivity index (χ4n) is 6.59. The van der Waals surface area contributed by atoms with Crippen LogP contribution in [0.4, 0.5) is 11.4 Å². The number of carbonyl (C=O) groups excluding carboxylic acids is 1. The van der Waals surface area contributed by atoms with Crippen molar-refractivity contribution in [1.29, 1.82) is 0 Å². The molecule has 2 unspecified atom stereocenters. The van der Waals surface area contributed by atoms with Crippen molar-refractivity contribution in [2.45, 2.75) is 51.5 Å². The molecule has 200 valence electrons. The molecule has 5 nitrogen and oxygen atoms in total. The molecule has 3 aliphatic heterocycles. The van der Waals surface area contributed by atoms with E-state index in [1.807, 2.05) is 12.1 Å². The number of thioether (sulfide) groups is 1. The molecule has 3 fully saturated rings. The van der Waals surface area contributed by atoms with Gasteiger partial charge in [0.15, 0.2) is 5.94 Å². The minimum Gasteiger partial charge on any atom is -0.497 e. The van der Waals surface area contributed by atoms with Gasteiger partial charge in [-0.2, -0.15) is 0 Å². The van der Waals surface area contributed by atoms with Crippen LogP contribution in [0.3, 0.4) is 0 Å². The zero-order chi connectivity index (χ0) is 27.3. The van der Waals surface area contributed by atoms with Crippen molar-refractivity contribution in [3.8, 4) is 5.75 Å². The summed E-state index contributed by atoms with van der Waals surface area (Å²) in [5, 5.41) is 1.05. The van der Waals surface area contributed by atoms with E-state index in [9.17, 15) is 4.79 Å². The molecule has 0 N–H and O–H groups in total. The second-order valence-corrected chi connectivity index (χ2v) is 11.8. The highest BCUT2D eigenvalue weighted by Crippen LogP contribution is 2.53. The Labute approximate surface area is 240 Å². The molecule has 0 spiro atoms. The van der Waals surface area contributed by atoms with Gasteiger partial charge >= 0.3 is 0 Å². The number of fused-ring (bicyclic) bond motifs is 3. The zero-order valence-corrected chi connectivity index (χ0v) is 24.3. The lowest BCUT2D eigenvalue weighted by molar-refractivity contribution is 0.415. The molecule has 0 radical (unpaired) electrons. The van der Waals surface area contributed by atoms with Crippen LogP contribution in [0.2, 0.25) is 0 Å². The molecule has 3 heterocycles. The third kappa shape index (κ3) is 4.24. The topological polar surface area (TPSA) is 36.0 Å². The standard InChI is InChI=1S/C32H33N3O2S2/c1-5-33-20(3)25(18-31(33)38)32-34(6-2)29(19-36)30(39-32)17-21-10-15-28-26(16-21)24-8-7-9-27(24)35(28)22-11-13-23(37-4)14-12-22/h10-17,24,27H,3,5-9,18H2,1-2,4H3. The number of methoxy groups -OCH3 is 1. The van der Waals surface area contributed by atoms with Gasteiger partial charge < -0.3 is 19.4 Å². The summed E-state index contributed by atoms with van der Waals surface area (Å²) in [6, 6.07) is 15.6. The average molecular weight is 556 g/mol. The Morgan fingerprint density at radius 1 is 1.13 bits per heavy atom. The number of likely N-dealkylation sites (N-methyl/N-ethyl adjacent to an activating group) is 2. The number of nitrogens with zero attached hydrogens (tertiary/aromatic N) is 3. The summed E-state index contributed by atoms with van der Waals surface area (Å²) in [5.74, 6) is 3.63. The van der Waals surface area contributed by atoms with Crippen molar-refractivity contribution in [2.24, 2.45) is 0 Å². The van der Waals surface area contributed by atoms with Crippen LogP contribution in [-0.2, 0) is 4.79 Å². The Bertz CT molecular complexity index is 1470. The minimum atomic E-state index is 0.480. The Balaban J connectivity index is 1.37. The van der Waals surface area contributed by atoms with Crippen molar-refractivity contribution in [3.63, 3.8) is 0 Å². The summed E-state index contributed by atoms with van der Waals surface area (Å²) < 4.78 is 5.39. The number of hydrogen-bond donors (Lipinski definition) is 0. The number of anilines is 2. The van der Waals surface area contributed by atoms with Gasteiger partial charge in [0, 0.05) is 59.0 Å². The Morgan fingerprint density at radius 2 is 1.90 bits per heavy atom. The maximum atomic E-state index is 12.2. The van der Waals surface area contributed by atoms with Crippen molar-refractivity contribution < 1.29 is 9.53 Å². The van der Waals surface area contributed by atoms with Crippen LogP contribution in [0, 0.1) is 0 Å². The first kappa shape index (κ1) is 26.0. The van der Waals surface area contributed by atoms with Crippen LogP contribution < -0.4 is 9.64 Å². The molecule has 7 heteroatoms. The first-order valence-corrected chi connectivity index (χ1v) is 14.9. The Hall–Kier alpha value is -3.25. The van der Waals surface area contributed by atoms with Crippen molar-refractivity contribution in [1.82, 2.24) is 9.80 Å². The summed E-state index contributed by atoms with van der Waals surface area (Å²) in [7, 11) is 1.70. The van der Waals surface area contributed by atoms with Crippen LogP contribution in [0.15, 0.2) is 75.9 Å². The molecular weight excluding hydrogens is 523 g/mol. The van der Waals surface area contributed by atoms with Gasteiger partial charge in [-0.25, -0.2) is 4.79 Å². The number of benzene rings is 2. The second kappa shape index (κ2) is 10.4. The van der Waals surface area contributed by atoms with E-state index in [1.165, 1.54) is 36.2 Å². The highest BCUT2D eigenvalue weighted by atomic mass is 32.2. The predicted molar refractivity (Wildman–Crippen MR) is 165 cm³/mol. The third-order valence-electron chi connectivity index (χ3n) is 8.42. The van der Waals surface area contributed by atoms with Gasteiger partial charge in [0.05, 0.1) is 17.1 Å². The van der Waals surface area contributed by atoms with Gasteiger partial charge in [-0.3, -0.25) is 0 Å². The molecule has 0 bridgehead atoms. The van der Waals surface area contributed by atoms with E-state index in [1.54, 1.807) is 18.9 Å². The molecule has 0 amide bonds. The molecule has 39 heavy (non-hydrogen) atoms. The molecule has 2 saturated heterocycles. The number of hydrogen-bond acceptors (Lipinski definition) is 6. The second-order valence-electron chi connectivity index (χ2n) is 10.3. The van der Waals surface area contributed by atoms with Crippen molar-refractivity contribution >= 4 is 52.4 Å². The van der Waals surface area contributed by atoms with Gasteiger partial charge in [0.25, 0.3) is 0 Å². The molecular formula is C32H33N3O2S2. The van der Waals surface area contributed by atoms with E-state index in [0.717, 1.165) is 44.1 Å². The van der Waals surface area contributed by atoms with Crippen LogP contribution >= 0.6 is 24.0 Å². The summed E-state index contributed by atoms with van der Waals surface area (Å²) in [6.07, 6.45) is 6.47. The van der Waals surface area contributed by atoms with Gasteiger partial charge in [-0.05, 0) is 80.3 Å². The molecule has 2 atom stereocenters. The first-order chi connectivity index (χ1) is 19.0. The fraction of sp³-hybridized carbons (Fsp3) is 0.344. The van der Waals surface area contributed by atoms with Crippen molar-refractivity contribution in [3.05, 3.63) is 87.1 Å². The summed E-state index contributed by atoms with van der Waals surface area (Å²) in [5.41, 5.74) is 7.67. The SMILES string of the molecule is C=C1C(=C2SC(=Cc3ccc4c(c3)C3CCCC3N4c3ccc(OC)cc3)C(=C=O)N2CC)CC(=S)N1CC. The number of thiocarbonyl (C=S) groups is 1. The van der Waals surface area contributed by atoms with Gasteiger partial charge in [-0.15, -0.1) is 0 Å². The normalized spacial score (nSPS) is 25.2. The Morgan fingerprint density at radius 3 is 2.56 bits per heavy atom. The number of ether oxygens (including phenoxy) is 1. The molecule has 0 aromatic heterocycles. The number of allylic oxidation sites excluding steroid dienone is 1. The van der Waals surface area contributed by atoms with E-state index in [0.29, 0.717) is 30.6 Å². The van der Waals surface area contributed by atoms with Crippen LogP contribution in [0.25, 0.3) is 6.08 Å². The van der Waals surface area contributed by atoms with Crippen LogP contribution in [0.1, 0.15) is 56.6 Å². The largest absolute Gasteiger partial charge is 0.497 e. The van der Waals surface area contributed by atoms with Crippen LogP contribution in [-0.4, -0.2) is 47.0 Å². The summed E-state index contributed by atoms with van der Waals surface area (Å²) in [4.78, 5) is 20.7. The molecule has 2 aromatic rings. The molecule has 6 rings (SSSR count). The van der Waals surface area contributed by atoms with Gasteiger partial charge in [-0.1, -0.05) is 43.0 Å². The third-order valence-corrected chi connectivity index (χ3v) is 9.97. The lowest BCUT2D eigenvalue weighted by atomic mass is 9.96. The highest BCUT2D eigenvalue weighted by molar-refractivity contribution is 8.07. The average Bonchev–Trinajstić information content (AvgIpc) is 3.70.